The fourth-order valence-corrected chi connectivity index (χ4v) is 2.98. The third-order valence-electron chi connectivity index (χ3n) is 4.75. The Morgan fingerprint density at radius 2 is 1.70 bits per heavy atom. The van der Waals surface area contributed by atoms with E-state index in [4.69, 9.17) is 0 Å². The van der Waals surface area contributed by atoms with Gasteiger partial charge in [0.2, 0.25) is 11.8 Å². The maximum Gasteiger partial charge on any atom is 0.326 e. The van der Waals surface area contributed by atoms with Gasteiger partial charge in [0.25, 0.3) is 0 Å². The van der Waals surface area contributed by atoms with E-state index in [-0.39, 0.29) is 11.8 Å². The van der Waals surface area contributed by atoms with Crippen LogP contribution in [0.25, 0.3) is 0 Å². The average Bonchev–Trinajstić information content (AvgIpc) is 2.52. The lowest BCUT2D eigenvalue weighted by Gasteiger charge is -2.24. The number of carbonyl (C=O) groups is 3. The molecule has 0 spiro atoms. The number of hydrogen-bond donors (Lipinski definition) is 3. The lowest BCUT2D eigenvalue weighted by Crippen LogP contribution is -2.52. The van der Waals surface area contributed by atoms with E-state index < -0.39 is 24.0 Å². The summed E-state index contributed by atoms with van der Waals surface area (Å²) in [5, 5.41) is 14.4. The standard InChI is InChI=1S/C17H30N2O4/c1-4-11(2)15(17(22)23)19-16(21)12(3)18-14(20)10-13-8-6-5-7-9-13/h11-13,15H,4-10H2,1-3H3,(H,18,20)(H,19,21)(H,22,23). The molecule has 0 radical (unpaired) electrons. The molecule has 0 aliphatic heterocycles. The van der Waals surface area contributed by atoms with E-state index in [1.807, 2.05) is 6.92 Å². The number of carboxylic acid groups (broad SMARTS) is 1. The van der Waals surface area contributed by atoms with Crippen LogP contribution >= 0.6 is 0 Å². The van der Waals surface area contributed by atoms with Gasteiger partial charge in [-0.05, 0) is 31.6 Å². The van der Waals surface area contributed by atoms with Gasteiger partial charge in [0.1, 0.15) is 12.1 Å². The molecule has 1 rings (SSSR count). The van der Waals surface area contributed by atoms with Crippen molar-refractivity contribution in [2.75, 3.05) is 0 Å². The fourth-order valence-electron chi connectivity index (χ4n) is 2.98. The summed E-state index contributed by atoms with van der Waals surface area (Å²) in [6.07, 6.45) is 6.83. The van der Waals surface area contributed by atoms with Crippen molar-refractivity contribution >= 4 is 17.8 Å². The van der Waals surface area contributed by atoms with Crippen molar-refractivity contribution in [3.8, 4) is 0 Å². The van der Waals surface area contributed by atoms with E-state index >= 15 is 0 Å². The fraction of sp³-hybridized carbons (Fsp3) is 0.824. The topological polar surface area (TPSA) is 95.5 Å². The Morgan fingerprint density at radius 1 is 1.09 bits per heavy atom. The number of carbonyl (C=O) groups excluding carboxylic acids is 2. The second-order valence-electron chi connectivity index (χ2n) is 6.71. The molecule has 0 aromatic heterocycles. The van der Waals surface area contributed by atoms with E-state index in [1.165, 1.54) is 19.3 Å². The highest BCUT2D eigenvalue weighted by molar-refractivity contribution is 5.90. The first-order valence-electron chi connectivity index (χ1n) is 8.67. The minimum Gasteiger partial charge on any atom is -0.480 e. The number of aliphatic carboxylic acids is 1. The molecule has 1 fully saturated rings. The smallest absolute Gasteiger partial charge is 0.326 e. The summed E-state index contributed by atoms with van der Waals surface area (Å²) in [6, 6.07) is -1.65. The zero-order valence-electron chi connectivity index (χ0n) is 14.4. The van der Waals surface area contributed by atoms with Crippen LogP contribution in [-0.2, 0) is 14.4 Å². The van der Waals surface area contributed by atoms with Crippen molar-refractivity contribution in [3.63, 3.8) is 0 Å². The molecule has 3 atom stereocenters. The summed E-state index contributed by atoms with van der Waals surface area (Å²) in [5.41, 5.74) is 0. The first-order chi connectivity index (χ1) is 10.8. The van der Waals surface area contributed by atoms with Crippen LogP contribution in [0.5, 0.6) is 0 Å². The Kier molecular flexibility index (Phi) is 8.06. The second kappa shape index (κ2) is 9.53. The van der Waals surface area contributed by atoms with Crippen LogP contribution in [0.4, 0.5) is 0 Å². The molecule has 0 saturated heterocycles. The molecule has 1 saturated carbocycles. The summed E-state index contributed by atoms with van der Waals surface area (Å²) in [4.78, 5) is 35.4. The van der Waals surface area contributed by atoms with Crippen LogP contribution in [0.15, 0.2) is 0 Å². The largest absolute Gasteiger partial charge is 0.480 e. The molecule has 2 amide bonds. The molecule has 1 aliphatic carbocycles. The molecule has 0 aromatic carbocycles. The van der Waals surface area contributed by atoms with Crippen molar-refractivity contribution in [1.82, 2.24) is 10.6 Å². The summed E-state index contributed by atoms with van der Waals surface area (Å²) in [5.74, 6) is -1.38. The predicted molar refractivity (Wildman–Crippen MR) is 87.8 cm³/mol. The van der Waals surface area contributed by atoms with E-state index in [2.05, 4.69) is 10.6 Å². The molecule has 1 aliphatic rings. The van der Waals surface area contributed by atoms with E-state index in [9.17, 15) is 19.5 Å². The Morgan fingerprint density at radius 3 is 2.22 bits per heavy atom. The third-order valence-corrected chi connectivity index (χ3v) is 4.75. The van der Waals surface area contributed by atoms with Gasteiger partial charge in [-0.15, -0.1) is 0 Å². The molecule has 6 heteroatoms. The number of hydrogen-bond acceptors (Lipinski definition) is 3. The Labute approximate surface area is 138 Å². The first kappa shape index (κ1) is 19.5. The van der Waals surface area contributed by atoms with E-state index in [0.717, 1.165) is 12.8 Å². The zero-order valence-corrected chi connectivity index (χ0v) is 14.4. The van der Waals surface area contributed by atoms with Gasteiger partial charge in [-0.3, -0.25) is 9.59 Å². The van der Waals surface area contributed by atoms with Gasteiger partial charge in [-0.25, -0.2) is 4.79 Å². The molecule has 0 aromatic rings. The van der Waals surface area contributed by atoms with Crippen molar-refractivity contribution in [2.45, 2.75) is 77.8 Å². The van der Waals surface area contributed by atoms with Crippen molar-refractivity contribution in [2.24, 2.45) is 11.8 Å². The molecule has 6 nitrogen and oxygen atoms in total. The second-order valence-corrected chi connectivity index (χ2v) is 6.71. The van der Waals surface area contributed by atoms with Crippen LogP contribution in [0, 0.1) is 11.8 Å². The van der Waals surface area contributed by atoms with Crippen LogP contribution in [-0.4, -0.2) is 35.0 Å². The van der Waals surface area contributed by atoms with Crippen molar-refractivity contribution < 1.29 is 19.5 Å². The average molecular weight is 326 g/mol. The molecule has 3 unspecified atom stereocenters. The third kappa shape index (κ3) is 6.59. The summed E-state index contributed by atoms with van der Waals surface area (Å²) in [7, 11) is 0. The summed E-state index contributed by atoms with van der Waals surface area (Å²) >= 11 is 0. The number of rotatable bonds is 8. The molecule has 23 heavy (non-hydrogen) atoms. The monoisotopic (exact) mass is 326 g/mol. The van der Waals surface area contributed by atoms with Crippen LogP contribution in [0.2, 0.25) is 0 Å². The van der Waals surface area contributed by atoms with Crippen LogP contribution < -0.4 is 10.6 Å². The molecular weight excluding hydrogens is 296 g/mol. The lowest BCUT2D eigenvalue weighted by atomic mass is 9.87. The number of amides is 2. The Balaban J connectivity index is 2.45. The Bertz CT molecular complexity index is 419. The molecule has 3 N–H and O–H groups in total. The Hall–Kier alpha value is -1.59. The van der Waals surface area contributed by atoms with E-state index in [0.29, 0.717) is 18.8 Å². The van der Waals surface area contributed by atoms with Crippen molar-refractivity contribution in [3.05, 3.63) is 0 Å². The lowest BCUT2D eigenvalue weighted by molar-refractivity contribution is -0.143. The zero-order chi connectivity index (χ0) is 17.4. The predicted octanol–water partition coefficient (Wildman–Crippen LogP) is 2.08. The normalized spacial score (nSPS) is 19.4. The van der Waals surface area contributed by atoms with Gasteiger partial charge in [0.15, 0.2) is 0 Å². The maximum absolute atomic E-state index is 12.1. The minimum absolute atomic E-state index is 0.130. The minimum atomic E-state index is -1.05. The van der Waals surface area contributed by atoms with Crippen LogP contribution in [0.1, 0.15) is 65.7 Å². The van der Waals surface area contributed by atoms with Gasteiger partial charge >= 0.3 is 5.97 Å². The first-order valence-corrected chi connectivity index (χ1v) is 8.67. The van der Waals surface area contributed by atoms with Gasteiger partial charge in [0, 0.05) is 6.42 Å². The van der Waals surface area contributed by atoms with Gasteiger partial charge in [-0.2, -0.15) is 0 Å². The molecule has 0 bridgehead atoms. The maximum atomic E-state index is 12.1. The van der Waals surface area contributed by atoms with Gasteiger partial charge in [-0.1, -0.05) is 39.5 Å². The molecular formula is C17H30N2O4. The van der Waals surface area contributed by atoms with Gasteiger partial charge < -0.3 is 15.7 Å². The highest BCUT2D eigenvalue weighted by atomic mass is 16.4. The van der Waals surface area contributed by atoms with Gasteiger partial charge in [0.05, 0.1) is 0 Å². The van der Waals surface area contributed by atoms with Crippen LogP contribution in [0.3, 0.4) is 0 Å². The summed E-state index contributed by atoms with van der Waals surface area (Å²) < 4.78 is 0. The quantitative estimate of drug-likeness (QED) is 0.636. The SMILES string of the molecule is CCC(C)C(NC(=O)C(C)NC(=O)CC1CCCCC1)C(=O)O. The highest BCUT2D eigenvalue weighted by Crippen LogP contribution is 2.26. The molecule has 132 valence electrons. The molecule has 0 heterocycles. The summed E-state index contributed by atoms with van der Waals surface area (Å²) in [6.45, 7) is 5.25. The highest BCUT2D eigenvalue weighted by Gasteiger charge is 2.28. The number of carboxylic acids is 1. The van der Waals surface area contributed by atoms with Crippen molar-refractivity contribution in [1.29, 1.82) is 0 Å². The number of nitrogens with one attached hydrogen (secondary N) is 2. The van der Waals surface area contributed by atoms with E-state index in [1.54, 1.807) is 13.8 Å².